The van der Waals surface area contributed by atoms with Gasteiger partial charge in [0.2, 0.25) is 11.8 Å². The number of hydrogen-bond acceptors (Lipinski definition) is 2. The summed E-state index contributed by atoms with van der Waals surface area (Å²) in [5.41, 5.74) is 0.980. The Kier molecular flexibility index (Phi) is 5.31. The first kappa shape index (κ1) is 15.5. The molecule has 1 N–H and O–H groups in total. The van der Waals surface area contributed by atoms with E-state index in [9.17, 15) is 14.0 Å². The van der Waals surface area contributed by atoms with Gasteiger partial charge in [0, 0.05) is 26.4 Å². The number of rotatable bonds is 5. The normalized spacial score (nSPS) is 17.8. The van der Waals surface area contributed by atoms with Gasteiger partial charge in [0.15, 0.2) is 0 Å². The van der Waals surface area contributed by atoms with Crippen molar-refractivity contribution in [2.45, 2.75) is 38.1 Å². The van der Waals surface area contributed by atoms with Crippen molar-refractivity contribution in [1.82, 2.24) is 10.2 Å². The van der Waals surface area contributed by atoms with Gasteiger partial charge in [0.1, 0.15) is 5.82 Å². The molecule has 0 aromatic heterocycles. The van der Waals surface area contributed by atoms with Crippen LogP contribution in [-0.4, -0.2) is 30.3 Å². The second-order valence-corrected chi connectivity index (χ2v) is 5.32. The molecule has 1 saturated heterocycles. The van der Waals surface area contributed by atoms with Crippen LogP contribution < -0.4 is 5.32 Å². The maximum Gasteiger partial charge on any atom is 0.223 e. The second kappa shape index (κ2) is 7.20. The van der Waals surface area contributed by atoms with Crippen LogP contribution in [0.4, 0.5) is 4.39 Å². The Morgan fingerprint density at radius 1 is 1.29 bits per heavy atom. The van der Waals surface area contributed by atoms with Gasteiger partial charge >= 0.3 is 0 Å². The Bertz CT molecular complexity index is 502. The highest BCUT2D eigenvalue weighted by Gasteiger charge is 2.29. The molecule has 0 unspecified atom stereocenters. The third kappa shape index (κ3) is 4.03. The van der Waals surface area contributed by atoms with Crippen LogP contribution in [-0.2, 0) is 9.59 Å². The average molecular weight is 292 g/mol. The number of carbonyl (C=O) groups is 2. The topological polar surface area (TPSA) is 49.4 Å². The lowest BCUT2D eigenvalue weighted by Gasteiger charge is -2.25. The molecule has 21 heavy (non-hydrogen) atoms. The molecule has 2 rings (SSSR count). The van der Waals surface area contributed by atoms with Crippen molar-refractivity contribution in [2.24, 2.45) is 0 Å². The zero-order chi connectivity index (χ0) is 15.2. The molecule has 0 spiro atoms. The van der Waals surface area contributed by atoms with Crippen molar-refractivity contribution >= 4 is 11.8 Å². The van der Waals surface area contributed by atoms with Crippen molar-refractivity contribution in [3.05, 3.63) is 35.6 Å². The van der Waals surface area contributed by atoms with Crippen LogP contribution in [0.15, 0.2) is 24.3 Å². The summed E-state index contributed by atoms with van der Waals surface area (Å²) in [6, 6.07) is 6.40. The van der Waals surface area contributed by atoms with Crippen molar-refractivity contribution in [1.29, 1.82) is 0 Å². The molecule has 1 aliphatic rings. The Morgan fingerprint density at radius 3 is 2.67 bits per heavy atom. The molecule has 0 aliphatic carbocycles. The van der Waals surface area contributed by atoms with Gasteiger partial charge in [-0.15, -0.1) is 0 Å². The Labute approximate surface area is 124 Å². The Balaban J connectivity index is 1.93. The molecule has 5 heteroatoms. The molecule has 1 aliphatic heterocycles. The van der Waals surface area contributed by atoms with E-state index in [1.807, 2.05) is 4.90 Å². The van der Waals surface area contributed by atoms with Crippen LogP contribution in [0.1, 0.15) is 43.7 Å². The maximum absolute atomic E-state index is 13.0. The van der Waals surface area contributed by atoms with Gasteiger partial charge < -0.3 is 10.2 Å². The van der Waals surface area contributed by atoms with E-state index in [-0.39, 0.29) is 23.7 Å². The first-order valence-corrected chi connectivity index (χ1v) is 7.37. The largest absolute Gasteiger partial charge is 0.359 e. The predicted molar refractivity (Wildman–Crippen MR) is 78.0 cm³/mol. The first-order chi connectivity index (χ1) is 10.1. The van der Waals surface area contributed by atoms with Crippen LogP contribution in [0.2, 0.25) is 0 Å². The van der Waals surface area contributed by atoms with Gasteiger partial charge in [-0.1, -0.05) is 12.1 Å². The summed E-state index contributed by atoms with van der Waals surface area (Å²) in [5, 5.41) is 2.55. The quantitative estimate of drug-likeness (QED) is 0.906. The first-order valence-electron chi connectivity index (χ1n) is 7.37. The number of benzene rings is 1. The van der Waals surface area contributed by atoms with E-state index in [0.717, 1.165) is 24.9 Å². The smallest absolute Gasteiger partial charge is 0.223 e. The van der Waals surface area contributed by atoms with E-state index in [1.165, 1.54) is 12.1 Å². The van der Waals surface area contributed by atoms with Gasteiger partial charge in [0.05, 0.1) is 6.04 Å². The molecule has 0 bridgehead atoms. The zero-order valence-corrected chi connectivity index (χ0v) is 12.3. The standard InChI is InChI=1S/C16H21FN2O2/c1-18-15(20)5-2-6-16(21)19-11-3-4-14(19)12-7-9-13(17)10-8-12/h7-10,14H,2-6,11H2,1H3,(H,18,20)/t14-/m0/s1. The molecule has 1 fully saturated rings. The monoisotopic (exact) mass is 292 g/mol. The Morgan fingerprint density at radius 2 is 2.00 bits per heavy atom. The highest BCUT2D eigenvalue weighted by Crippen LogP contribution is 2.32. The zero-order valence-electron chi connectivity index (χ0n) is 12.3. The summed E-state index contributed by atoms with van der Waals surface area (Å²) in [6.45, 7) is 0.737. The molecule has 0 radical (unpaired) electrons. The summed E-state index contributed by atoms with van der Waals surface area (Å²) >= 11 is 0. The van der Waals surface area contributed by atoms with Crippen LogP contribution in [0.5, 0.6) is 0 Å². The second-order valence-electron chi connectivity index (χ2n) is 5.32. The summed E-state index contributed by atoms with van der Waals surface area (Å²) in [6.07, 6.45) is 3.18. The summed E-state index contributed by atoms with van der Waals surface area (Å²) in [5.74, 6) is -0.231. The van der Waals surface area contributed by atoms with E-state index in [0.29, 0.717) is 19.3 Å². The molecule has 2 amide bonds. The molecule has 114 valence electrons. The Hall–Kier alpha value is -1.91. The molecule has 4 nitrogen and oxygen atoms in total. The third-order valence-corrected chi connectivity index (χ3v) is 3.90. The minimum Gasteiger partial charge on any atom is -0.359 e. The van der Waals surface area contributed by atoms with Gasteiger partial charge in [-0.25, -0.2) is 4.39 Å². The number of amides is 2. The van der Waals surface area contributed by atoms with Crippen LogP contribution in [0, 0.1) is 5.82 Å². The van der Waals surface area contributed by atoms with E-state index in [2.05, 4.69) is 5.32 Å². The summed E-state index contributed by atoms with van der Waals surface area (Å²) in [7, 11) is 1.59. The number of halogens is 1. The number of carbonyl (C=O) groups excluding carboxylic acids is 2. The molecular weight excluding hydrogens is 271 g/mol. The van der Waals surface area contributed by atoms with Crippen molar-refractivity contribution < 1.29 is 14.0 Å². The fourth-order valence-corrected chi connectivity index (χ4v) is 2.77. The molecule has 1 heterocycles. The van der Waals surface area contributed by atoms with Gasteiger partial charge in [-0.05, 0) is 37.0 Å². The number of hydrogen-bond donors (Lipinski definition) is 1. The van der Waals surface area contributed by atoms with Crippen molar-refractivity contribution in [3.63, 3.8) is 0 Å². The fourth-order valence-electron chi connectivity index (χ4n) is 2.77. The molecule has 0 saturated carbocycles. The van der Waals surface area contributed by atoms with Crippen molar-refractivity contribution in [2.75, 3.05) is 13.6 Å². The van der Waals surface area contributed by atoms with E-state index < -0.39 is 0 Å². The number of nitrogens with zero attached hydrogens (tertiary/aromatic N) is 1. The van der Waals surface area contributed by atoms with E-state index in [4.69, 9.17) is 0 Å². The minimum atomic E-state index is -0.264. The van der Waals surface area contributed by atoms with Gasteiger partial charge in [0.25, 0.3) is 0 Å². The highest BCUT2D eigenvalue weighted by atomic mass is 19.1. The number of likely N-dealkylation sites (tertiary alicyclic amines) is 1. The summed E-state index contributed by atoms with van der Waals surface area (Å²) < 4.78 is 13.0. The maximum atomic E-state index is 13.0. The summed E-state index contributed by atoms with van der Waals surface area (Å²) in [4.78, 5) is 25.3. The highest BCUT2D eigenvalue weighted by molar-refractivity contribution is 5.79. The van der Waals surface area contributed by atoms with E-state index >= 15 is 0 Å². The molecular formula is C16H21FN2O2. The van der Waals surface area contributed by atoms with Crippen LogP contribution >= 0.6 is 0 Å². The lowest BCUT2D eigenvalue weighted by atomic mass is 10.0. The molecule has 1 atom stereocenters. The minimum absolute atomic E-state index is 0.0399. The SMILES string of the molecule is CNC(=O)CCCC(=O)N1CCC[C@H]1c1ccc(F)cc1. The molecule has 1 aromatic rings. The average Bonchev–Trinajstić information content (AvgIpc) is 2.97. The number of nitrogens with one attached hydrogen (secondary N) is 1. The fraction of sp³-hybridized carbons (Fsp3) is 0.500. The molecule has 1 aromatic carbocycles. The third-order valence-electron chi connectivity index (χ3n) is 3.90. The van der Waals surface area contributed by atoms with E-state index in [1.54, 1.807) is 19.2 Å². The lowest BCUT2D eigenvalue weighted by molar-refractivity contribution is -0.132. The van der Waals surface area contributed by atoms with Crippen molar-refractivity contribution in [3.8, 4) is 0 Å². The van der Waals surface area contributed by atoms with Gasteiger partial charge in [-0.3, -0.25) is 9.59 Å². The lowest BCUT2D eigenvalue weighted by Crippen LogP contribution is -2.30. The van der Waals surface area contributed by atoms with Gasteiger partial charge in [-0.2, -0.15) is 0 Å². The van der Waals surface area contributed by atoms with Crippen LogP contribution in [0.25, 0.3) is 0 Å². The predicted octanol–water partition coefficient (Wildman–Crippen LogP) is 2.41. The van der Waals surface area contributed by atoms with Crippen LogP contribution in [0.3, 0.4) is 0 Å².